The Hall–Kier alpha value is -1.68. The highest BCUT2D eigenvalue weighted by molar-refractivity contribution is 7.13. The van der Waals surface area contributed by atoms with E-state index in [1.54, 1.807) is 11.3 Å². The van der Waals surface area contributed by atoms with E-state index in [0.29, 0.717) is 6.54 Å². The molecule has 3 rings (SSSR count). The number of aromatic nitrogens is 1. The summed E-state index contributed by atoms with van der Waals surface area (Å²) in [5.74, 6) is 0.432. The smallest absolute Gasteiger partial charge is 0.223 e. The van der Waals surface area contributed by atoms with Gasteiger partial charge in [0, 0.05) is 16.9 Å². The molecule has 2 aromatic rings. The van der Waals surface area contributed by atoms with Gasteiger partial charge >= 0.3 is 0 Å². The number of carbonyl (C=O) groups is 1. The van der Waals surface area contributed by atoms with Crippen LogP contribution in [-0.2, 0) is 11.3 Å². The summed E-state index contributed by atoms with van der Waals surface area (Å²) in [6.07, 6.45) is 2.08. The molecule has 0 bridgehead atoms. The maximum Gasteiger partial charge on any atom is 0.223 e. The van der Waals surface area contributed by atoms with Crippen molar-refractivity contribution in [3.8, 4) is 10.6 Å². The fourth-order valence-electron chi connectivity index (χ4n) is 1.77. The Balaban J connectivity index is 1.64. The van der Waals surface area contributed by atoms with Gasteiger partial charge in [-0.15, -0.1) is 11.3 Å². The Morgan fingerprint density at radius 1 is 1.33 bits per heavy atom. The van der Waals surface area contributed by atoms with Crippen LogP contribution in [0.4, 0.5) is 0 Å². The van der Waals surface area contributed by atoms with E-state index in [9.17, 15) is 4.79 Å². The molecule has 1 aromatic carbocycles. The van der Waals surface area contributed by atoms with E-state index in [2.05, 4.69) is 10.3 Å². The third-order valence-corrected chi connectivity index (χ3v) is 3.90. The number of thiazole rings is 1. The highest BCUT2D eigenvalue weighted by Gasteiger charge is 2.29. The van der Waals surface area contributed by atoms with E-state index in [1.807, 2.05) is 35.7 Å². The predicted octanol–water partition coefficient (Wildman–Crippen LogP) is 2.84. The molecule has 92 valence electrons. The molecule has 3 nitrogen and oxygen atoms in total. The highest BCUT2D eigenvalue weighted by atomic mass is 32.1. The van der Waals surface area contributed by atoms with Gasteiger partial charge in [-0.1, -0.05) is 30.3 Å². The van der Waals surface area contributed by atoms with Crippen LogP contribution in [0.25, 0.3) is 10.6 Å². The molecule has 1 aliphatic rings. The molecule has 0 unspecified atom stereocenters. The van der Waals surface area contributed by atoms with Crippen molar-refractivity contribution in [2.75, 3.05) is 0 Å². The van der Waals surface area contributed by atoms with Crippen LogP contribution in [0.2, 0.25) is 0 Å². The molecule has 4 heteroatoms. The number of nitrogens with zero attached hydrogens (tertiary/aromatic N) is 1. The number of rotatable bonds is 4. The number of hydrogen-bond acceptors (Lipinski definition) is 3. The Morgan fingerprint density at radius 2 is 2.11 bits per heavy atom. The monoisotopic (exact) mass is 258 g/mol. The van der Waals surface area contributed by atoms with Crippen LogP contribution in [0.15, 0.2) is 35.7 Å². The Kier molecular flexibility index (Phi) is 3.11. The maximum atomic E-state index is 11.5. The molecule has 1 fully saturated rings. The second kappa shape index (κ2) is 4.90. The fraction of sp³-hybridized carbons (Fsp3) is 0.286. The van der Waals surface area contributed by atoms with Gasteiger partial charge in [0.25, 0.3) is 0 Å². The van der Waals surface area contributed by atoms with Gasteiger partial charge in [-0.25, -0.2) is 4.98 Å². The molecule has 1 aliphatic carbocycles. The molecule has 1 aromatic heterocycles. The summed E-state index contributed by atoms with van der Waals surface area (Å²) in [4.78, 5) is 16.1. The zero-order chi connectivity index (χ0) is 12.4. The molecule has 0 spiro atoms. The lowest BCUT2D eigenvalue weighted by Crippen LogP contribution is -2.24. The van der Waals surface area contributed by atoms with Crippen LogP contribution in [0.3, 0.4) is 0 Å². The molecule has 0 radical (unpaired) electrons. The third-order valence-electron chi connectivity index (χ3n) is 2.96. The molecule has 0 atom stereocenters. The molecule has 1 N–H and O–H groups in total. The molecular weight excluding hydrogens is 244 g/mol. The molecule has 18 heavy (non-hydrogen) atoms. The minimum absolute atomic E-state index is 0.171. The molecular formula is C14H14N2OS. The highest BCUT2D eigenvalue weighted by Crippen LogP contribution is 2.29. The first-order chi connectivity index (χ1) is 8.83. The van der Waals surface area contributed by atoms with E-state index < -0.39 is 0 Å². The molecule has 0 aliphatic heterocycles. The number of carbonyl (C=O) groups excluding carboxylic acids is 1. The van der Waals surface area contributed by atoms with Gasteiger partial charge in [-0.05, 0) is 12.8 Å². The van der Waals surface area contributed by atoms with Gasteiger partial charge < -0.3 is 5.32 Å². The standard InChI is InChI=1S/C14H14N2OS/c17-13(10-6-7-10)15-8-12-9-18-14(16-12)11-4-2-1-3-5-11/h1-5,9-10H,6-8H2,(H,15,17). The summed E-state index contributed by atoms with van der Waals surface area (Å²) < 4.78 is 0. The van der Waals surface area contributed by atoms with Crippen LogP contribution in [0, 0.1) is 5.92 Å². The lowest BCUT2D eigenvalue weighted by atomic mass is 10.2. The second-order valence-corrected chi connectivity index (χ2v) is 5.36. The number of nitrogens with one attached hydrogen (secondary N) is 1. The van der Waals surface area contributed by atoms with Crippen molar-refractivity contribution in [1.29, 1.82) is 0 Å². The van der Waals surface area contributed by atoms with E-state index in [0.717, 1.165) is 29.1 Å². The summed E-state index contributed by atoms with van der Waals surface area (Å²) >= 11 is 1.62. The van der Waals surface area contributed by atoms with Crippen LogP contribution >= 0.6 is 11.3 Å². The Bertz CT molecular complexity index is 546. The zero-order valence-corrected chi connectivity index (χ0v) is 10.7. The van der Waals surface area contributed by atoms with E-state index in [-0.39, 0.29) is 11.8 Å². The first kappa shape index (κ1) is 11.4. The average Bonchev–Trinajstić information content (AvgIpc) is 3.16. The van der Waals surface area contributed by atoms with E-state index in [1.165, 1.54) is 0 Å². The van der Waals surface area contributed by atoms with Crippen molar-refractivity contribution >= 4 is 17.2 Å². The van der Waals surface area contributed by atoms with Crippen molar-refractivity contribution < 1.29 is 4.79 Å². The summed E-state index contributed by atoms with van der Waals surface area (Å²) in [7, 11) is 0. The zero-order valence-electron chi connectivity index (χ0n) is 9.93. The molecule has 1 amide bonds. The first-order valence-electron chi connectivity index (χ1n) is 6.10. The SMILES string of the molecule is O=C(NCc1csc(-c2ccccc2)n1)C1CC1. The van der Waals surface area contributed by atoms with Gasteiger partial charge in [-0.3, -0.25) is 4.79 Å². The minimum atomic E-state index is 0.171. The van der Waals surface area contributed by atoms with E-state index in [4.69, 9.17) is 0 Å². The van der Waals surface area contributed by atoms with Gasteiger partial charge in [-0.2, -0.15) is 0 Å². The van der Waals surface area contributed by atoms with Crippen LogP contribution in [0.1, 0.15) is 18.5 Å². The van der Waals surface area contributed by atoms with Crippen molar-refractivity contribution in [1.82, 2.24) is 10.3 Å². The van der Waals surface area contributed by atoms with Crippen molar-refractivity contribution in [3.63, 3.8) is 0 Å². The van der Waals surface area contributed by atoms with Gasteiger partial charge in [0.2, 0.25) is 5.91 Å². The Labute approximate surface area is 110 Å². The fourth-order valence-corrected chi connectivity index (χ4v) is 2.59. The Morgan fingerprint density at radius 3 is 2.83 bits per heavy atom. The first-order valence-corrected chi connectivity index (χ1v) is 6.98. The normalized spacial score (nSPS) is 14.4. The van der Waals surface area contributed by atoms with Crippen molar-refractivity contribution in [2.24, 2.45) is 5.92 Å². The number of hydrogen-bond donors (Lipinski definition) is 1. The average molecular weight is 258 g/mol. The summed E-state index contributed by atoms with van der Waals surface area (Å²) in [5, 5.41) is 5.95. The summed E-state index contributed by atoms with van der Waals surface area (Å²) in [5.41, 5.74) is 2.06. The second-order valence-electron chi connectivity index (χ2n) is 4.50. The summed E-state index contributed by atoms with van der Waals surface area (Å²) in [6, 6.07) is 10.1. The maximum absolute atomic E-state index is 11.5. The van der Waals surface area contributed by atoms with Gasteiger partial charge in [0.1, 0.15) is 5.01 Å². The van der Waals surface area contributed by atoms with E-state index >= 15 is 0 Å². The van der Waals surface area contributed by atoms with Crippen LogP contribution in [-0.4, -0.2) is 10.9 Å². The number of benzene rings is 1. The lowest BCUT2D eigenvalue weighted by molar-refractivity contribution is -0.122. The van der Waals surface area contributed by atoms with Gasteiger partial charge in [0.05, 0.1) is 12.2 Å². The van der Waals surface area contributed by atoms with Crippen molar-refractivity contribution in [2.45, 2.75) is 19.4 Å². The summed E-state index contributed by atoms with van der Waals surface area (Å²) in [6.45, 7) is 0.540. The quantitative estimate of drug-likeness (QED) is 0.916. The molecule has 0 saturated heterocycles. The minimum Gasteiger partial charge on any atom is -0.350 e. The molecule has 1 heterocycles. The van der Waals surface area contributed by atoms with Crippen molar-refractivity contribution in [3.05, 3.63) is 41.4 Å². The largest absolute Gasteiger partial charge is 0.350 e. The third kappa shape index (κ3) is 2.59. The molecule has 1 saturated carbocycles. The van der Waals surface area contributed by atoms with Gasteiger partial charge in [0.15, 0.2) is 0 Å². The topological polar surface area (TPSA) is 42.0 Å². The van der Waals surface area contributed by atoms with Crippen LogP contribution in [0.5, 0.6) is 0 Å². The predicted molar refractivity (Wildman–Crippen MR) is 72.1 cm³/mol. The number of amides is 1. The van der Waals surface area contributed by atoms with Crippen LogP contribution < -0.4 is 5.32 Å². The lowest BCUT2D eigenvalue weighted by Gasteiger charge is -2.00.